The molecule has 1 aromatic heterocycles. The number of aromatic nitrogens is 1. The zero-order chi connectivity index (χ0) is 17.1. The summed E-state index contributed by atoms with van der Waals surface area (Å²) in [5, 5.41) is 4.01. The number of likely N-dealkylation sites (tertiary alicyclic amines) is 1. The third-order valence-electron chi connectivity index (χ3n) is 4.73. The van der Waals surface area contributed by atoms with Gasteiger partial charge in [0.15, 0.2) is 0 Å². The van der Waals surface area contributed by atoms with Crippen molar-refractivity contribution in [1.82, 2.24) is 10.1 Å². The maximum absolute atomic E-state index is 13.0. The van der Waals surface area contributed by atoms with E-state index in [1.165, 1.54) is 6.42 Å². The predicted octanol–water partition coefficient (Wildman–Crippen LogP) is 4.60. The zero-order valence-electron chi connectivity index (χ0n) is 14.5. The Morgan fingerprint density at radius 3 is 2.83 bits per heavy atom. The summed E-state index contributed by atoms with van der Waals surface area (Å²) in [6.07, 6.45) is 3.41. The van der Waals surface area contributed by atoms with Crippen LogP contribution in [0.25, 0.3) is 0 Å². The van der Waals surface area contributed by atoms with E-state index in [1.807, 2.05) is 43.0 Å². The van der Waals surface area contributed by atoms with Crippen molar-refractivity contribution in [1.29, 1.82) is 0 Å². The number of aryl methyl sites for hydroxylation is 2. The molecule has 0 bridgehead atoms. The first-order chi connectivity index (χ1) is 11.6. The molecule has 1 aliphatic heterocycles. The molecule has 2 heterocycles. The van der Waals surface area contributed by atoms with E-state index in [1.54, 1.807) is 11.8 Å². The normalized spacial score (nSPS) is 18.0. The molecule has 1 amide bonds. The Bertz CT molecular complexity index is 706. The largest absolute Gasteiger partial charge is 0.361 e. The van der Waals surface area contributed by atoms with E-state index in [9.17, 15) is 4.79 Å². The number of amides is 1. The summed E-state index contributed by atoms with van der Waals surface area (Å²) in [5.74, 6) is 1.78. The Kier molecular flexibility index (Phi) is 5.29. The smallest absolute Gasteiger partial charge is 0.255 e. The highest BCUT2D eigenvalue weighted by Gasteiger charge is 2.25. The SMILES string of the molecule is Cc1noc(C)c1CSc1ccccc1C(=O)N1CCCCC1C. The third kappa shape index (κ3) is 3.51. The van der Waals surface area contributed by atoms with E-state index < -0.39 is 0 Å². The Hall–Kier alpha value is -1.75. The van der Waals surface area contributed by atoms with Gasteiger partial charge in [-0.25, -0.2) is 0 Å². The van der Waals surface area contributed by atoms with Gasteiger partial charge in [0.2, 0.25) is 0 Å². The number of rotatable bonds is 4. The number of thioether (sulfide) groups is 1. The van der Waals surface area contributed by atoms with Gasteiger partial charge in [-0.05, 0) is 52.2 Å². The second-order valence-corrected chi connectivity index (χ2v) is 7.45. The lowest BCUT2D eigenvalue weighted by Gasteiger charge is -2.33. The predicted molar refractivity (Wildman–Crippen MR) is 96.3 cm³/mol. The van der Waals surface area contributed by atoms with E-state index in [4.69, 9.17) is 4.52 Å². The molecule has 1 saturated heterocycles. The van der Waals surface area contributed by atoms with Gasteiger partial charge in [0, 0.05) is 28.8 Å². The number of nitrogens with zero attached hydrogens (tertiary/aromatic N) is 2. The molecule has 0 radical (unpaired) electrons. The molecule has 24 heavy (non-hydrogen) atoms. The number of carbonyl (C=O) groups is 1. The number of carbonyl (C=O) groups excluding carboxylic acids is 1. The third-order valence-corrected chi connectivity index (χ3v) is 5.83. The van der Waals surface area contributed by atoms with Crippen molar-refractivity contribution < 1.29 is 9.32 Å². The molecule has 1 fully saturated rings. The van der Waals surface area contributed by atoms with Crippen molar-refractivity contribution >= 4 is 17.7 Å². The summed E-state index contributed by atoms with van der Waals surface area (Å²) in [6.45, 7) is 6.90. The Labute approximate surface area is 147 Å². The van der Waals surface area contributed by atoms with Crippen molar-refractivity contribution in [2.75, 3.05) is 6.54 Å². The van der Waals surface area contributed by atoms with Gasteiger partial charge in [0.05, 0.1) is 11.3 Å². The molecule has 0 aliphatic carbocycles. The fourth-order valence-electron chi connectivity index (χ4n) is 3.18. The molecule has 0 saturated carbocycles. The molecule has 2 aromatic rings. The number of hydrogen-bond acceptors (Lipinski definition) is 4. The van der Waals surface area contributed by atoms with Crippen LogP contribution in [0.4, 0.5) is 0 Å². The standard InChI is InChI=1S/C19H24N2O2S/c1-13-8-6-7-11-21(13)19(22)16-9-4-5-10-18(16)24-12-17-14(2)20-23-15(17)3/h4-5,9-10,13H,6-8,11-12H2,1-3H3. The summed E-state index contributed by atoms with van der Waals surface area (Å²) < 4.78 is 5.23. The van der Waals surface area contributed by atoms with Gasteiger partial charge in [0.1, 0.15) is 5.76 Å². The topological polar surface area (TPSA) is 46.3 Å². The van der Waals surface area contributed by atoms with E-state index in [2.05, 4.69) is 12.1 Å². The minimum absolute atomic E-state index is 0.157. The van der Waals surface area contributed by atoms with Gasteiger partial charge in [-0.2, -0.15) is 0 Å². The fraction of sp³-hybridized carbons (Fsp3) is 0.474. The van der Waals surface area contributed by atoms with Gasteiger partial charge in [-0.1, -0.05) is 17.3 Å². The van der Waals surface area contributed by atoms with Crippen LogP contribution < -0.4 is 0 Å². The van der Waals surface area contributed by atoms with Crippen LogP contribution in [-0.2, 0) is 5.75 Å². The van der Waals surface area contributed by atoms with Crippen LogP contribution in [0.15, 0.2) is 33.7 Å². The lowest BCUT2D eigenvalue weighted by Crippen LogP contribution is -2.42. The molecule has 3 rings (SSSR count). The van der Waals surface area contributed by atoms with Gasteiger partial charge >= 0.3 is 0 Å². The van der Waals surface area contributed by atoms with Crippen molar-refractivity contribution in [2.45, 2.75) is 56.7 Å². The van der Waals surface area contributed by atoms with Gasteiger partial charge < -0.3 is 9.42 Å². The molecule has 5 heteroatoms. The molecule has 0 spiro atoms. The van der Waals surface area contributed by atoms with Crippen molar-refractivity contribution in [2.24, 2.45) is 0 Å². The van der Waals surface area contributed by atoms with E-state index >= 15 is 0 Å². The van der Waals surface area contributed by atoms with Gasteiger partial charge in [-0.15, -0.1) is 11.8 Å². The lowest BCUT2D eigenvalue weighted by molar-refractivity contribution is 0.0632. The van der Waals surface area contributed by atoms with E-state index in [0.717, 1.165) is 52.6 Å². The fourth-order valence-corrected chi connectivity index (χ4v) is 4.38. The second kappa shape index (κ2) is 7.43. The Morgan fingerprint density at radius 1 is 1.33 bits per heavy atom. The van der Waals surface area contributed by atoms with Crippen LogP contribution in [0, 0.1) is 13.8 Å². The van der Waals surface area contributed by atoms with Crippen LogP contribution in [0.1, 0.15) is 53.6 Å². The van der Waals surface area contributed by atoms with Crippen LogP contribution in [-0.4, -0.2) is 28.6 Å². The van der Waals surface area contributed by atoms with Gasteiger partial charge in [-0.3, -0.25) is 4.79 Å². The maximum atomic E-state index is 13.0. The molecule has 1 unspecified atom stereocenters. The monoisotopic (exact) mass is 344 g/mol. The molecule has 4 nitrogen and oxygen atoms in total. The first-order valence-electron chi connectivity index (χ1n) is 8.52. The average molecular weight is 344 g/mol. The molecule has 1 atom stereocenters. The molecule has 0 N–H and O–H groups in total. The highest BCUT2D eigenvalue weighted by molar-refractivity contribution is 7.98. The first kappa shape index (κ1) is 17.1. The molecule has 128 valence electrons. The van der Waals surface area contributed by atoms with Crippen LogP contribution in [0.2, 0.25) is 0 Å². The van der Waals surface area contributed by atoms with Crippen LogP contribution in [0.3, 0.4) is 0 Å². The van der Waals surface area contributed by atoms with Crippen LogP contribution in [0.5, 0.6) is 0 Å². The molecule has 1 aromatic carbocycles. The molecule has 1 aliphatic rings. The van der Waals surface area contributed by atoms with Crippen molar-refractivity contribution in [3.63, 3.8) is 0 Å². The summed E-state index contributed by atoms with van der Waals surface area (Å²) in [4.78, 5) is 16.1. The second-order valence-electron chi connectivity index (χ2n) is 6.43. The Morgan fingerprint density at radius 2 is 2.12 bits per heavy atom. The molecular weight excluding hydrogens is 320 g/mol. The van der Waals surface area contributed by atoms with Crippen molar-refractivity contribution in [3.8, 4) is 0 Å². The number of benzene rings is 1. The summed E-state index contributed by atoms with van der Waals surface area (Å²) in [5.41, 5.74) is 2.85. The minimum atomic E-state index is 0.157. The number of hydrogen-bond donors (Lipinski definition) is 0. The number of piperidine rings is 1. The summed E-state index contributed by atoms with van der Waals surface area (Å²) in [6, 6.07) is 8.24. The first-order valence-corrected chi connectivity index (χ1v) is 9.51. The minimum Gasteiger partial charge on any atom is -0.361 e. The lowest BCUT2D eigenvalue weighted by atomic mass is 10.0. The molecular formula is C19H24N2O2S. The average Bonchev–Trinajstić information content (AvgIpc) is 2.91. The quantitative estimate of drug-likeness (QED) is 0.761. The van der Waals surface area contributed by atoms with Crippen LogP contribution >= 0.6 is 11.8 Å². The van der Waals surface area contributed by atoms with Gasteiger partial charge in [0.25, 0.3) is 5.91 Å². The van der Waals surface area contributed by atoms with Crippen molar-refractivity contribution in [3.05, 3.63) is 46.8 Å². The Balaban J connectivity index is 1.79. The van der Waals surface area contributed by atoms with E-state index in [-0.39, 0.29) is 5.91 Å². The summed E-state index contributed by atoms with van der Waals surface area (Å²) in [7, 11) is 0. The van der Waals surface area contributed by atoms with E-state index in [0.29, 0.717) is 6.04 Å². The highest BCUT2D eigenvalue weighted by Crippen LogP contribution is 2.30. The zero-order valence-corrected chi connectivity index (χ0v) is 15.4. The maximum Gasteiger partial charge on any atom is 0.255 e. The highest BCUT2D eigenvalue weighted by atomic mass is 32.2. The summed E-state index contributed by atoms with van der Waals surface area (Å²) >= 11 is 1.68.